The summed E-state index contributed by atoms with van der Waals surface area (Å²) in [6.07, 6.45) is 47.9. The smallest absolute Gasteiger partial charge is 0.348 e. The molecular formula is C60H102N2Ni. The fourth-order valence-electron chi connectivity index (χ4n) is 8.23. The van der Waals surface area contributed by atoms with Gasteiger partial charge in [-0.2, -0.15) is 12.8 Å². The molecular weight excluding hydrogens is 807 g/mol. The van der Waals surface area contributed by atoms with E-state index in [1.165, 1.54) is 200 Å². The van der Waals surface area contributed by atoms with Gasteiger partial charge in [0.2, 0.25) is 0 Å². The molecule has 0 atom stereocenters. The molecule has 0 bridgehead atoms. The van der Waals surface area contributed by atoms with Crippen molar-refractivity contribution in [1.29, 1.82) is 0 Å². The molecule has 0 heterocycles. The summed E-state index contributed by atoms with van der Waals surface area (Å²) in [7, 11) is 0. The molecule has 0 aliphatic carbocycles. The summed E-state index contributed by atoms with van der Waals surface area (Å²) in [4.78, 5) is 3.33. The van der Waals surface area contributed by atoms with Crippen molar-refractivity contribution >= 4 is 11.4 Å². The van der Waals surface area contributed by atoms with Crippen molar-refractivity contribution in [2.45, 2.75) is 273 Å². The maximum atomic E-state index is 9.35. The first-order chi connectivity index (χ1) is 30.5. The molecule has 2 rings (SSSR count). The number of aryl methyl sites for hydroxylation is 2. The largest absolute Gasteiger partial charge is 2.00 e. The van der Waals surface area contributed by atoms with Gasteiger partial charge in [0.15, 0.2) is 0 Å². The van der Waals surface area contributed by atoms with Crippen LogP contribution in [0, 0.1) is 13.8 Å². The van der Waals surface area contributed by atoms with E-state index in [4.69, 9.17) is 0 Å². The van der Waals surface area contributed by atoms with Crippen LogP contribution in [-0.2, 0) is 29.3 Å². The van der Waals surface area contributed by atoms with E-state index in [9.17, 15) is 5.53 Å². The van der Waals surface area contributed by atoms with Crippen LogP contribution in [0.1, 0.15) is 282 Å². The molecule has 0 saturated carbocycles. The minimum atomic E-state index is 0. The second-order valence-corrected chi connectivity index (χ2v) is 18.0. The van der Waals surface area contributed by atoms with Gasteiger partial charge in [0.1, 0.15) is 0 Å². The zero-order valence-electron chi connectivity index (χ0n) is 42.7. The fraction of sp³-hybridized carbons (Fsp3) is 0.700. The van der Waals surface area contributed by atoms with Gasteiger partial charge in [-0.05, 0) is 71.9 Å². The van der Waals surface area contributed by atoms with E-state index in [0.29, 0.717) is 0 Å². The Bertz CT molecular complexity index is 1320. The van der Waals surface area contributed by atoms with E-state index in [0.717, 1.165) is 69.8 Å². The quantitative estimate of drug-likeness (QED) is 0.0123. The van der Waals surface area contributed by atoms with E-state index < -0.39 is 0 Å². The van der Waals surface area contributed by atoms with Crippen LogP contribution in [0.15, 0.2) is 59.7 Å². The molecule has 2 aromatic rings. The number of benzene rings is 2. The van der Waals surface area contributed by atoms with Crippen molar-refractivity contribution in [2.75, 3.05) is 0 Å². The molecule has 0 aliphatic heterocycles. The predicted octanol–water partition coefficient (Wildman–Crippen LogP) is 20.4. The van der Waals surface area contributed by atoms with Gasteiger partial charge in [0.05, 0.1) is 5.57 Å². The molecule has 0 N–H and O–H groups in total. The van der Waals surface area contributed by atoms with Crippen molar-refractivity contribution in [2.24, 2.45) is 0 Å². The van der Waals surface area contributed by atoms with Gasteiger partial charge < -0.3 is 19.4 Å². The van der Waals surface area contributed by atoms with Crippen LogP contribution in [0.25, 0.3) is 11.1 Å². The third-order valence-electron chi connectivity index (χ3n) is 12.4. The average molecular weight is 910 g/mol. The molecule has 0 radical (unpaired) electrons. The maximum absolute atomic E-state index is 9.35. The Morgan fingerprint density at radius 1 is 0.444 bits per heavy atom. The van der Waals surface area contributed by atoms with Gasteiger partial charge in [-0.25, -0.2) is 0 Å². The van der Waals surface area contributed by atoms with Gasteiger partial charge in [0.25, 0.3) is 0 Å². The van der Waals surface area contributed by atoms with Crippen LogP contribution in [-0.4, -0.2) is 10.7 Å². The Kier molecular flexibility index (Phi) is 49.2. The normalized spacial score (nSPS) is 11.0. The van der Waals surface area contributed by atoms with E-state index >= 15 is 0 Å². The Labute approximate surface area is 404 Å². The molecule has 0 amide bonds. The van der Waals surface area contributed by atoms with E-state index in [1.807, 2.05) is 0 Å². The molecule has 362 valence electrons. The third-order valence-corrected chi connectivity index (χ3v) is 12.4. The van der Waals surface area contributed by atoms with Gasteiger partial charge >= 0.3 is 22.4 Å². The van der Waals surface area contributed by atoms with Crippen molar-refractivity contribution in [1.82, 2.24) is 0 Å². The number of hydrogen-bond acceptors (Lipinski definition) is 0. The van der Waals surface area contributed by atoms with Crippen LogP contribution < -0.4 is 0 Å². The van der Waals surface area contributed by atoms with Gasteiger partial charge in [-0.3, -0.25) is 0 Å². The van der Waals surface area contributed by atoms with Crippen molar-refractivity contribution in [3.05, 3.63) is 101 Å². The van der Waals surface area contributed by atoms with E-state index in [2.05, 4.69) is 115 Å². The van der Waals surface area contributed by atoms with Crippen LogP contribution in [0.5, 0.6) is 0 Å². The SMILES string of the molecule is CCCCC(=C=[N+]=[N-])C(CCCC)=C(c1ccc(CC)cc1)c1cccc(CC)c1.[CH2-]CCCCCCCCCCCCCCC.[CH2-]CCCCCCCCCCCCCCC.[Ni+2]. The molecule has 3 heteroatoms. The number of unbranched alkanes of at least 4 members (excludes halogenated alkanes) is 28. The molecule has 0 unspecified atom stereocenters. The first-order valence-electron chi connectivity index (χ1n) is 27.0. The second-order valence-electron chi connectivity index (χ2n) is 18.0. The monoisotopic (exact) mass is 909 g/mol. The van der Waals surface area contributed by atoms with Crippen molar-refractivity contribution in [3.8, 4) is 0 Å². The van der Waals surface area contributed by atoms with Crippen LogP contribution in [0.2, 0.25) is 0 Å². The van der Waals surface area contributed by atoms with Crippen LogP contribution in [0.4, 0.5) is 0 Å². The standard InChI is InChI=1S/C28H36N2.2C16H33.Ni/c1-5-9-13-26(21-30-29)27(15-10-6-2)28(24-18-16-22(7-3)17-19-24)25-14-11-12-23(8-4)20-25;2*1-3-5-7-9-11-13-15-16-14-12-10-8-6-4-2;/h11-12,14,16-20H,5-10,13,15H2,1-4H3;2*1,3-16H2,2H3;/q;2*-1;+2. The Morgan fingerprint density at radius 2 is 0.825 bits per heavy atom. The molecule has 2 nitrogen and oxygen atoms in total. The summed E-state index contributed by atoms with van der Waals surface area (Å²) >= 11 is 0. The number of hydrogen-bond donors (Lipinski definition) is 0. The summed E-state index contributed by atoms with van der Waals surface area (Å²) in [5.41, 5.74) is 18.0. The first-order valence-corrected chi connectivity index (χ1v) is 27.0. The number of allylic oxidation sites excluding steroid dienone is 2. The van der Waals surface area contributed by atoms with E-state index in [1.54, 1.807) is 0 Å². The predicted molar refractivity (Wildman–Crippen MR) is 280 cm³/mol. The zero-order chi connectivity index (χ0) is 45.6. The molecule has 0 fully saturated rings. The number of rotatable bonds is 37. The molecule has 0 aromatic heterocycles. The Morgan fingerprint density at radius 3 is 1.19 bits per heavy atom. The molecule has 0 aliphatic rings. The summed E-state index contributed by atoms with van der Waals surface area (Å²) < 4.78 is 0. The van der Waals surface area contributed by atoms with Gasteiger partial charge in [-0.1, -0.05) is 270 Å². The molecule has 0 saturated heterocycles. The Balaban J connectivity index is 0. The Hall–Kier alpha value is -2.17. The van der Waals surface area contributed by atoms with E-state index in [-0.39, 0.29) is 16.5 Å². The minimum absolute atomic E-state index is 0. The van der Waals surface area contributed by atoms with Gasteiger partial charge in [-0.15, -0.1) is 4.79 Å². The van der Waals surface area contributed by atoms with Crippen LogP contribution >= 0.6 is 0 Å². The molecule has 63 heavy (non-hydrogen) atoms. The average Bonchev–Trinajstić information content (AvgIpc) is 3.30. The van der Waals surface area contributed by atoms with Crippen LogP contribution in [0.3, 0.4) is 0 Å². The summed E-state index contributed by atoms with van der Waals surface area (Å²) in [6.45, 7) is 21.1. The first kappa shape index (κ1) is 62.9. The van der Waals surface area contributed by atoms with Crippen molar-refractivity contribution < 1.29 is 21.3 Å². The summed E-state index contributed by atoms with van der Waals surface area (Å²) in [5, 5.41) is 0. The maximum Gasteiger partial charge on any atom is 2.00 e. The number of nitrogens with zero attached hydrogens (tertiary/aromatic N) is 2. The molecule has 2 aromatic carbocycles. The topological polar surface area (TPSA) is 36.4 Å². The third kappa shape index (κ3) is 35.7. The second kappa shape index (κ2) is 49.3. The van der Waals surface area contributed by atoms with Crippen molar-refractivity contribution in [3.63, 3.8) is 0 Å². The fourth-order valence-corrected chi connectivity index (χ4v) is 8.23. The van der Waals surface area contributed by atoms with Gasteiger partial charge in [0, 0.05) is 0 Å². The summed E-state index contributed by atoms with van der Waals surface area (Å²) in [6, 6.07) is 17.8. The summed E-state index contributed by atoms with van der Waals surface area (Å²) in [5.74, 6) is 2.94. The molecule has 0 spiro atoms. The minimum Gasteiger partial charge on any atom is -0.348 e. The zero-order valence-corrected chi connectivity index (χ0v) is 43.7.